The molecule has 2 aliphatic rings. The molecular weight excluding hydrogens is 190 g/mol. The molecule has 0 aromatic carbocycles. The number of nitriles is 1. The Morgan fingerprint density at radius 2 is 1.79 bits per heavy atom. The third-order valence-electron chi connectivity index (χ3n) is 3.21. The minimum absolute atomic E-state index is 0.0952. The summed E-state index contributed by atoms with van der Waals surface area (Å²) in [5.41, 5.74) is 0. The molecule has 2 rings (SSSR count). The van der Waals surface area contributed by atoms with Gasteiger partial charge in [0.05, 0.1) is 6.07 Å². The van der Waals surface area contributed by atoms with E-state index in [9.17, 15) is 5.26 Å². The standard InChI is InChI=1S/C12H17NS/c13-10-12(8-4-5-9-12)14-11-6-2-1-3-7-11/h4-5,11H,1-3,6-9H2. The summed E-state index contributed by atoms with van der Waals surface area (Å²) < 4.78 is -0.0952. The first-order chi connectivity index (χ1) is 6.85. The second-order valence-corrected chi connectivity index (χ2v) is 6.05. The quantitative estimate of drug-likeness (QED) is 0.645. The summed E-state index contributed by atoms with van der Waals surface area (Å²) in [6, 6.07) is 2.53. The Kier molecular flexibility index (Phi) is 3.18. The third kappa shape index (κ3) is 2.15. The average molecular weight is 207 g/mol. The van der Waals surface area contributed by atoms with Crippen molar-refractivity contribution < 1.29 is 0 Å². The second-order valence-electron chi connectivity index (χ2n) is 4.36. The molecule has 14 heavy (non-hydrogen) atoms. The highest BCUT2D eigenvalue weighted by Crippen LogP contribution is 2.43. The monoisotopic (exact) mass is 207 g/mol. The molecule has 0 N–H and O–H groups in total. The lowest BCUT2D eigenvalue weighted by atomic mass is 10.0. The molecule has 2 aliphatic carbocycles. The molecule has 0 aromatic rings. The Hall–Kier alpha value is -0.420. The Balaban J connectivity index is 1.91. The molecule has 1 fully saturated rings. The topological polar surface area (TPSA) is 23.8 Å². The van der Waals surface area contributed by atoms with E-state index in [2.05, 4.69) is 18.2 Å². The summed E-state index contributed by atoms with van der Waals surface area (Å²) >= 11 is 1.95. The van der Waals surface area contributed by atoms with Crippen LogP contribution in [0.15, 0.2) is 12.2 Å². The summed E-state index contributed by atoms with van der Waals surface area (Å²) in [6.45, 7) is 0. The smallest absolute Gasteiger partial charge is 0.109 e. The number of hydrogen-bond acceptors (Lipinski definition) is 2. The zero-order valence-electron chi connectivity index (χ0n) is 8.54. The van der Waals surface area contributed by atoms with Crippen molar-refractivity contribution in [1.29, 1.82) is 5.26 Å². The van der Waals surface area contributed by atoms with Gasteiger partial charge in [-0.05, 0) is 25.7 Å². The van der Waals surface area contributed by atoms with Crippen molar-refractivity contribution in [2.45, 2.75) is 54.9 Å². The minimum Gasteiger partial charge on any atom is -0.197 e. The number of thioether (sulfide) groups is 1. The van der Waals surface area contributed by atoms with Crippen LogP contribution in [0.5, 0.6) is 0 Å². The third-order valence-corrected chi connectivity index (χ3v) is 4.89. The molecule has 0 spiro atoms. The Labute approximate surface area is 90.6 Å². The predicted molar refractivity (Wildman–Crippen MR) is 61.2 cm³/mol. The largest absolute Gasteiger partial charge is 0.197 e. The maximum atomic E-state index is 9.24. The number of nitrogens with zero attached hydrogens (tertiary/aromatic N) is 1. The van der Waals surface area contributed by atoms with Crippen LogP contribution in [0.3, 0.4) is 0 Å². The molecule has 76 valence electrons. The van der Waals surface area contributed by atoms with Gasteiger partial charge in [-0.1, -0.05) is 31.4 Å². The molecule has 0 atom stereocenters. The fourth-order valence-electron chi connectivity index (χ4n) is 2.35. The van der Waals surface area contributed by atoms with Crippen LogP contribution in [-0.4, -0.2) is 10.00 Å². The van der Waals surface area contributed by atoms with Crippen LogP contribution < -0.4 is 0 Å². The molecule has 0 radical (unpaired) electrons. The molecule has 0 saturated heterocycles. The van der Waals surface area contributed by atoms with Crippen molar-refractivity contribution in [1.82, 2.24) is 0 Å². The van der Waals surface area contributed by atoms with Crippen LogP contribution in [0, 0.1) is 11.3 Å². The van der Waals surface area contributed by atoms with E-state index in [4.69, 9.17) is 0 Å². The zero-order valence-corrected chi connectivity index (χ0v) is 9.35. The van der Waals surface area contributed by atoms with E-state index in [1.807, 2.05) is 11.8 Å². The van der Waals surface area contributed by atoms with E-state index < -0.39 is 0 Å². The van der Waals surface area contributed by atoms with E-state index in [0.29, 0.717) is 0 Å². The highest BCUT2D eigenvalue weighted by Gasteiger charge is 2.34. The van der Waals surface area contributed by atoms with Crippen LogP contribution >= 0.6 is 11.8 Å². The number of hydrogen-bond donors (Lipinski definition) is 0. The van der Waals surface area contributed by atoms with Gasteiger partial charge < -0.3 is 0 Å². The van der Waals surface area contributed by atoms with Crippen molar-refractivity contribution >= 4 is 11.8 Å². The molecule has 1 nitrogen and oxygen atoms in total. The molecule has 0 bridgehead atoms. The Morgan fingerprint density at radius 1 is 1.14 bits per heavy atom. The first-order valence-electron chi connectivity index (χ1n) is 5.59. The molecule has 0 aliphatic heterocycles. The van der Waals surface area contributed by atoms with Crippen LogP contribution in [0.1, 0.15) is 44.9 Å². The maximum absolute atomic E-state index is 9.24. The maximum Gasteiger partial charge on any atom is 0.109 e. The van der Waals surface area contributed by atoms with E-state index in [-0.39, 0.29) is 4.75 Å². The van der Waals surface area contributed by atoms with E-state index in [1.165, 1.54) is 32.1 Å². The molecule has 0 heterocycles. The van der Waals surface area contributed by atoms with E-state index >= 15 is 0 Å². The lowest BCUT2D eigenvalue weighted by Gasteiger charge is -2.28. The summed E-state index contributed by atoms with van der Waals surface area (Å²) in [4.78, 5) is 0. The second kappa shape index (κ2) is 4.40. The average Bonchev–Trinajstić information content (AvgIpc) is 2.69. The molecule has 0 unspecified atom stereocenters. The van der Waals surface area contributed by atoms with Gasteiger partial charge >= 0.3 is 0 Å². The molecule has 2 heteroatoms. The van der Waals surface area contributed by atoms with Crippen LogP contribution in [0.25, 0.3) is 0 Å². The molecule has 1 saturated carbocycles. The van der Waals surface area contributed by atoms with Crippen molar-refractivity contribution in [3.8, 4) is 6.07 Å². The highest BCUT2D eigenvalue weighted by atomic mass is 32.2. The number of rotatable bonds is 2. The minimum atomic E-state index is -0.0952. The predicted octanol–water partition coefficient (Wildman–Crippen LogP) is 3.66. The van der Waals surface area contributed by atoms with Crippen molar-refractivity contribution in [2.75, 3.05) is 0 Å². The SMILES string of the molecule is N#CC1(SC2CCCCC2)CC=CC1. The lowest BCUT2D eigenvalue weighted by molar-refractivity contribution is 0.513. The summed E-state index contributed by atoms with van der Waals surface area (Å²) in [5.74, 6) is 0. The fourth-order valence-corrected chi connectivity index (χ4v) is 3.99. The van der Waals surface area contributed by atoms with Crippen LogP contribution in [0.2, 0.25) is 0 Å². The van der Waals surface area contributed by atoms with Gasteiger partial charge in [0.1, 0.15) is 4.75 Å². The summed E-state index contributed by atoms with van der Waals surface area (Å²) in [7, 11) is 0. The first kappa shape index (κ1) is 10.1. The van der Waals surface area contributed by atoms with Crippen molar-refractivity contribution in [3.05, 3.63) is 12.2 Å². The van der Waals surface area contributed by atoms with Gasteiger partial charge in [-0.2, -0.15) is 5.26 Å². The van der Waals surface area contributed by atoms with Gasteiger partial charge in [0.2, 0.25) is 0 Å². The molecule has 0 amide bonds. The van der Waals surface area contributed by atoms with Gasteiger partial charge in [-0.25, -0.2) is 0 Å². The summed E-state index contributed by atoms with van der Waals surface area (Å²) in [6.07, 6.45) is 13.0. The zero-order chi connectivity index (χ0) is 9.86. The van der Waals surface area contributed by atoms with Gasteiger partial charge in [-0.3, -0.25) is 0 Å². The highest BCUT2D eigenvalue weighted by molar-refractivity contribution is 8.01. The fraction of sp³-hybridized carbons (Fsp3) is 0.750. The first-order valence-corrected chi connectivity index (χ1v) is 6.47. The number of allylic oxidation sites excluding steroid dienone is 2. The normalized spacial score (nSPS) is 26.2. The molecule has 0 aromatic heterocycles. The van der Waals surface area contributed by atoms with Gasteiger partial charge in [-0.15, -0.1) is 11.8 Å². The van der Waals surface area contributed by atoms with Gasteiger partial charge in [0.15, 0.2) is 0 Å². The van der Waals surface area contributed by atoms with Gasteiger partial charge in [0.25, 0.3) is 0 Å². The van der Waals surface area contributed by atoms with Crippen molar-refractivity contribution in [2.24, 2.45) is 0 Å². The van der Waals surface area contributed by atoms with Crippen LogP contribution in [-0.2, 0) is 0 Å². The van der Waals surface area contributed by atoms with Gasteiger partial charge in [0, 0.05) is 5.25 Å². The van der Waals surface area contributed by atoms with E-state index in [1.54, 1.807) is 0 Å². The van der Waals surface area contributed by atoms with E-state index in [0.717, 1.165) is 18.1 Å². The molecular formula is C12H17NS. The lowest BCUT2D eigenvalue weighted by Crippen LogP contribution is -2.23. The summed E-state index contributed by atoms with van der Waals surface area (Å²) in [5, 5.41) is 9.99. The Bertz CT molecular complexity index is 250. The van der Waals surface area contributed by atoms with Crippen LogP contribution in [0.4, 0.5) is 0 Å². The Morgan fingerprint density at radius 3 is 2.36 bits per heavy atom. The van der Waals surface area contributed by atoms with Crippen molar-refractivity contribution in [3.63, 3.8) is 0 Å².